The molecule has 1 atom stereocenters. The summed E-state index contributed by atoms with van der Waals surface area (Å²) in [6, 6.07) is 10.7. The van der Waals surface area contributed by atoms with Crippen LogP contribution >= 0.6 is 24.0 Å². The van der Waals surface area contributed by atoms with Crippen LogP contribution in [0.15, 0.2) is 35.3 Å². The molecule has 2 heterocycles. The van der Waals surface area contributed by atoms with E-state index in [2.05, 4.69) is 52.4 Å². The molecule has 0 bridgehead atoms. The van der Waals surface area contributed by atoms with Crippen molar-refractivity contribution in [1.82, 2.24) is 15.1 Å². The minimum absolute atomic E-state index is 0. The van der Waals surface area contributed by atoms with Gasteiger partial charge in [0.15, 0.2) is 5.96 Å². The smallest absolute Gasteiger partial charge is 0.217 e. The van der Waals surface area contributed by atoms with E-state index in [1.807, 2.05) is 0 Å². The lowest BCUT2D eigenvalue weighted by Gasteiger charge is -2.34. The van der Waals surface area contributed by atoms with Crippen molar-refractivity contribution in [2.75, 3.05) is 45.9 Å². The Bertz CT molecular complexity index is 710. The van der Waals surface area contributed by atoms with Gasteiger partial charge >= 0.3 is 0 Å². The highest BCUT2D eigenvalue weighted by Crippen LogP contribution is 2.20. The van der Waals surface area contributed by atoms with Crippen LogP contribution in [-0.2, 0) is 16.1 Å². The summed E-state index contributed by atoms with van der Waals surface area (Å²) in [5.41, 5.74) is 6.79. The van der Waals surface area contributed by atoms with E-state index >= 15 is 0 Å². The Kier molecular flexibility index (Phi) is 13.1. The van der Waals surface area contributed by atoms with E-state index in [1.165, 1.54) is 5.56 Å². The van der Waals surface area contributed by atoms with Crippen LogP contribution in [0, 0.1) is 5.92 Å². The second-order valence-corrected chi connectivity index (χ2v) is 9.05. The predicted molar refractivity (Wildman–Crippen MR) is 145 cm³/mol. The third-order valence-electron chi connectivity index (χ3n) is 6.34. The first-order valence-corrected chi connectivity index (χ1v) is 12.3. The summed E-state index contributed by atoms with van der Waals surface area (Å²) in [6.45, 7) is 9.52. The molecule has 0 saturated carbocycles. The number of aliphatic imine (C=N–C) groups is 1. The van der Waals surface area contributed by atoms with Crippen LogP contribution in [0.4, 0.5) is 0 Å². The van der Waals surface area contributed by atoms with Crippen molar-refractivity contribution < 1.29 is 9.53 Å². The molecule has 7 nitrogen and oxygen atoms in total. The first-order chi connectivity index (χ1) is 15.6. The molecule has 2 aliphatic rings. The molecule has 1 unspecified atom stereocenters. The summed E-state index contributed by atoms with van der Waals surface area (Å²) in [7, 11) is 0. The fraction of sp³-hybridized carbons (Fsp3) is 0.680. The number of likely N-dealkylation sites (tertiary alicyclic amines) is 2. The molecule has 1 amide bonds. The van der Waals surface area contributed by atoms with Crippen molar-refractivity contribution in [2.24, 2.45) is 16.6 Å². The van der Waals surface area contributed by atoms with E-state index in [0.717, 1.165) is 90.5 Å². The number of guanidine groups is 1. The van der Waals surface area contributed by atoms with Gasteiger partial charge in [0.2, 0.25) is 5.91 Å². The molecule has 1 aromatic rings. The average Bonchev–Trinajstić information content (AvgIpc) is 2.80. The van der Waals surface area contributed by atoms with E-state index in [9.17, 15) is 4.79 Å². The molecule has 3 rings (SSSR count). The average molecular weight is 572 g/mol. The van der Waals surface area contributed by atoms with Gasteiger partial charge < -0.3 is 20.7 Å². The number of nitrogens with two attached hydrogens (primary N) is 1. The number of amides is 1. The number of piperidine rings is 2. The van der Waals surface area contributed by atoms with Crippen molar-refractivity contribution in [3.63, 3.8) is 0 Å². The fourth-order valence-corrected chi connectivity index (χ4v) is 4.71. The van der Waals surface area contributed by atoms with E-state index in [0.29, 0.717) is 18.4 Å². The maximum Gasteiger partial charge on any atom is 0.217 e. The first kappa shape index (κ1) is 27.9. The summed E-state index contributed by atoms with van der Waals surface area (Å²) in [5, 5.41) is 3.40. The van der Waals surface area contributed by atoms with Crippen LogP contribution in [0.5, 0.6) is 0 Å². The number of nitrogens with zero attached hydrogens (tertiary/aromatic N) is 3. The highest BCUT2D eigenvalue weighted by atomic mass is 127. The third-order valence-corrected chi connectivity index (χ3v) is 6.34. The fourth-order valence-electron chi connectivity index (χ4n) is 4.71. The second kappa shape index (κ2) is 15.5. The lowest BCUT2D eigenvalue weighted by Crippen LogP contribution is -2.47. The Hall–Kier alpha value is -1.39. The molecule has 0 aromatic heterocycles. The molecule has 2 fully saturated rings. The van der Waals surface area contributed by atoms with Crippen LogP contribution < -0.4 is 11.1 Å². The summed E-state index contributed by atoms with van der Waals surface area (Å²) in [6.07, 6.45) is 6.12. The highest BCUT2D eigenvalue weighted by molar-refractivity contribution is 14.0. The van der Waals surface area contributed by atoms with Crippen LogP contribution in [0.25, 0.3) is 0 Å². The van der Waals surface area contributed by atoms with Crippen LogP contribution in [0.2, 0.25) is 0 Å². The van der Waals surface area contributed by atoms with E-state index in [4.69, 9.17) is 15.5 Å². The summed E-state index contributed by atoms with van der Waals surface area (Å²) >= 11 is 0. The largest absolute Gasteiger partial charge is 0.378 e. The van der Waals surface area contributed by atoms with Crippen LogP contribution in [-0.4, -0.2) is 73.6 Å². The minimum atomic E-state index is -0.207. The summed E-state index contributed by atoms with van der Waals surface area (Å²) in [4.78, 5) is 20.9. The maximum absolute atomic E-state index is 11.3. The molecule has 8 heteroatoms. The normalized spacial score (nSPS) is 20.3. The van der Waals surface area contributed by atoms with E-state index in [-0.39, 0.29) is 29.9 Å². The number of carbonyl (C=O) groups is 1. The number of hydrogen-bond donors (Lipinski definition) is 2. The van der Waals surface area contributed by atoms with Crippen molar-refractivity contribution in [3.8, 4) is 0 Å². The zero-order chi connectivity index (χ0) is 22.6. The predicted octanol–water partition coefficient (Wildman–Crippen LogP) is 3.23. The third kappa shape index (κ3) is 10.2. The molecule has 186 valence electrons. The van der Waals surface area contributed by atoms with Gasteiger partial charge in [0, 0.05) is 58.8 Å². The molecule has 2 aliphatic heterocycles. The molecule has 2 saturated heterocycles. The molecule has 3 N–H and O–H groups in total. The molecule has 33 heavy (non-hydrogen) atoms. The number of ether oxygens (including phenoxy) is 1. The topological polar surface area (TPSA) is 83.2 Å². The Labute approximate surface area is 216 Å². The highest BCUT2D eigenvalue weighted by Gasteiger charge is 2.23. The van der Waals surface area contributed by atoms with Gasteiger partial charge in [0.1, 0.15) is 0 Å². The van der Waals surface area contributed by atoms with Gasteiger partial charge in [0.05, 0.1) is 6.10 Å². The van der Waals surface area contributed by atoms with Crippen molar-refractivity contribution >= 4 is 35.8 Å². The second-order valence-electron chi connectivity index (χ2n) is 9.05. The Morgan fingerprint density at radius 1 is 1.18 bits per heavy atom. The van der Waals surface area contributed by atoms with Crippen molar-refractivity contribution in [1.29, 1.82) is 0 Å². The van der Waals surface area contributed by atoms with Gasteiger partial charge in [-0.3, -0.25) is 14.7 Å². The van der Waals surface area contributed by atoms with Gasteiger partial charge in [-0.2, -0.15) is 0 Å². The van der Waals surface area contributed by atoms with E-state index < -0.39 is 0 Å². The first-order valence-electron chi connectivity index (χ1n) is 12.3. The minimum Gasteiger partial charge on any atom is -0.378 e. The number of halogens is 1. The van der Waals surface area contributed by atoms with Crippen LogP contribution in [0.3, 0.4) is 0 Å². The van der Waals surface area contributed by atoms with Gasteiger partial charge in [-0.05, 0) is 50.5 Å². The van der Waals surface area contributed by atoms with Gasteiger partial charge in [-0.1, -0.05) is 30.3 Å². The lowest BCUT2D eigenvalue weighted by molar-refractivity contribution is -0.119. The zero-order valence-electron chi connectivity index (χ0n) is 20.1. The number of primary amides is 1. The van der Waals surface area contributed by atoms with Crippen LogP contribution in [0.1, 0.15) is 51.0 Å². The number of nitrogens with one attached hydrogen (secondary N) is 1. The van der Waals surface area contributed by atoms with Gasteiger partial charge in [0.25, 0.3) is 0 Å². The summed E-state index contributed by atoms with van der Waals surface area (Å²) < 4.78 is 6.15. The zero-order valence-corrected chi connectivity index (χ0v) is 22.4. The van der Waals surface area contributed by atoms with E-state index in [1.54, 1.807) is 0 Å². The number of rotatable bonds is 10. The standard InChI is InChI=1S/C25H41N5O2.HI/c1-2-27-25(30-14-6-10-22(20-30)18-24(26)31)28-13-7-17-32-23-11-15-29(16-12-23)19-21-8-4-3-5-9-21;/h3-5,8-9,22-23H,2,6-7,10-20H2,1H3,(H2,26,31)(H,27,28);1H. The lowest BCUT2D eigenvalue weighted by atomic mass is 9.95. The molecule has 0 aliphatic carbocycles. The number of benzene rings is 1. The molecule has 1 aromatic carbocycles. The van der Waals surface area contributed by atoms with Gasteiger partial charge in [-0.15, -0.1) is 24.0 Å². The Morgan fingerprint density at radius 3 is 2.64 bits per heavy atom. The van der Waals surface area contributed by atoms with Gasteiger partial charge in [-0.25, -0.2) is 0 Å². The molecular weight excluding hydrogens is 529 g/mol. The SMILES string of the molecule is CCNC(=NCCCOC1CCN(Cc2ccccc2)CC1)N1CCCC(CC(N)=O)C1.I. The Balaban J connectivity index is 0.00000385. The monoisotopic (exact) mass is 571 g/mol. The number of hydrogen-bond acceptors (Lipinski definition) is 4. The van der Waals surface area contributed by atoms with Crippen molar-refractivity contribution in [3.05, 3.63) is 35.9 Å². The van der Waals surface area contributed by atoms with Crippen molar-refractivity contribution in [2.45, 2.75) is 58.1 Å². The molecule has 0 spiro atoms. The quantitative estimate of drug-likeness (QED) is 0.195. The molecular formula is C25H42IN5O2. The summed E-state index contributed by atoms with van der Waals surface area (Å²) in [5.74, 6) is 1.08. The Morgan fingerprint density at radius 2 is 1.94 bits per heavy atom. The maximum atomic E-state index is 11.3. The number of carbonyl (C=O) groups excluding carboxylic acids is 1. The molecule has 0 radical (unpaired) electrons.